The van der Waals surface area contributed by atoms with Gasteiger partial charge in [-0.1, -0.05) is 0 Å². The highest BCUT2D eigenvalue weighted by Crippen LogP contribution is 2.33. The van der Waals surface area contributed by atoms with Crippen LogP contribution >= 0.6 is 11.3 Å². The molecule has 0 spiro atoms. The molecular weight excluding hydrogens is 334 g/mol. The second-order valence-electron chi connectivity index (χ2n) is 6.08. The van der Waals surface area contributed by atoms with Gasteiger partial charge in [-0.25, -0.2) is 0 Å². The molecule has 3 rings (SSSR count). The minimum absolute atomic E-state index is 0.778. The van der Waals surface area contributed by atoms with Crippen molar-refractivity contribution in [1.82, 2.24) is 10.2 Å². The zero-order chi connectivity index (χ0) is 17.8. The largest absolute Gasteiger partial charge is 0.493 e. The smallest absolute Gasteiger partial charge is 0.194 e. The predicted molar refractivity (Wildman–Crippen MR) is 103 cm³/mol. The Hall–Kier alpha value is -2.21. The number of rotatable bonds is 4. The van der Waals surface area contributed by atoms with Crippen LogP contribution in [0, 0.1) is 6.92 Å². The summed E-state index contributed by atoms with van der Waals surface area (Å²) >= 11 is 1.78. The molecule has 5 nitrogen and oxygen atoms in total. The molecule has 25 heavy (non-hydrogen) atoms. The molecule has 0 fully saturated rings. The van der Waals surface area contributed by atoms with Crippen molar-refractivity contribution in [2.45, 2.75) is 26.4 Å². The van der Waals surface area contributed by atoms with E-state index < -0.39 is 0 Å². The van der Waals surface area contributed by atoms with E-state index in [0.29, 0.717) is 0 Å². The summed E-state index contributed by atoms with van der Waals surface area (Å²) in [7, 11) is 5.19. The molecule has 0 saturated carbocycles. The molecule has 1 aliphatic heterocycles. The summed E-state index contributed by atoms with van der Waals surface area (Å²) in [6.45, 7) is 4.71. The normalized spacial score (nSPS) is 14.2. The maximum atomic E-state index is 5.45. The van der Waals surface area contributed by atoms with Crippen LogP contribution in [0.15, 0.2) is 28.6 Å². The van der Waals surface area contributed by atoms with E-state index in [9.17, 15) is 0 Å². The molecule has 0 aliphatic carbocycles. The summed E-state index contributed by atoms with van der Waals surface area (Å²) in [6, 6.07) is 6.33. The number of ether oxygens (including phenoxy) is 2. The van der Waals surface area contributed by atoms with Gasteiger partial charge >= 0.3 is 0 Å². The Bertz CT molecular complexity index is 770. The molecule has 1 aliphatic rings. The maximum Gasteiger partial charge on any atom is 0.194 e. The van der Waals surface area contributed by atoms with Crippen LogP contribution in [0.5, 0.6) is 11.5 Å². The van der Waals surface area contributed by atoms with Crippen LogP contribution in [0.1, 0.15) is 21.6 Å². The molecule has 0 saturated heterocycles. The fraction of sp³-hybridized carbons (Fsp3) is 0.421. The van der Waals surface area contributed by atoms with Crippen molar-refractivity contribution in [1.29, 1.82) is 0 Å². The number of thiophene rings is 1. The molecule has 0 unspecified atom stereocenters. The molecule has 2 heterocycles. The van der Waals surface area contributed by atoms with Crippen LogP contribution < -0.4 is 14.8 Å². The number of nitrogens with one attached hydrogen (secondary N) is 1. The number of guanidine groups is 1. The van der Waals surface area contributed by atoms with Gasteiger partial charge in [0.25, 0.3) is 0 Å². The van der Waals surface area contributed by atoms with E-state index in [1.54, 1.807) is 25.6 Å². The average molecular weight is 359 g/mol. The first-order chi connectivity index (χ1) is 12.2. The second-order valence-corrected chi connectivity index (χ2v) is 7.08. The van der Waals surface area contributed by atoms with Gasteiger partial charge in [-0.15, -0.1) is 11.3 Å². The molecule has 0 atom stereocenters. The molecule has 0 bridgehead atoms. The molecule has 2 aromatic rings. The lowest BCUT2D eigenvalue weighted by Gasteiger charge is -2.32. The van der Waals surface area contributed by atoms with Gasteiger partial charge in [-0.3, -0.25) is 4.99 Å². The van der Waals surface area contributed by atoms with Crippen LogP contribution in [0.25, 0.3) is 0 Å². The predicted octanol–water partition coefficient (Wildman–Crippen LogP) is 3.21. The van der Waals surface area contributed by atoms with Crippen LogP contribution in [-0.4, -0.2) is 38.7 Å². The molecule has 134 valence electrons. The quantitative estimate of drug-likeness (QED) is 0.673. The Kier molecular flexibility index (Phi) is 5.48. The monoisotopic (exact) mass is 359 g/mol. The van der Waals surface area contributed by atoms with Gasteiger partial charge in [0.1, 0.15) is 0 Å². The summed E-state index contributed by atoms with van der Waals surface area (Å²) in [4.78, 5) is 8.11. The molecular formula is C19H25N3O2S. The molecule has 1 N–H and O–H groups in total. The van der Waals surface area contributed by atoms with Crippen LogP contribution in [0.3, 0.4) is 0 Å². The van der Waals surface area contributed by atoms with Crippen LogP contribution in [0.2, 0.25) is 0 Å². The SMILES string of the molecule is CN=C(NCc1sccc1C)N1CCc2cc(OC)c(OC)cc2C1. The highest BCUT2D eigenvalue weighted by molar-refractivity contribution is 7.10. The topological polar surface area (TPSA) is 46.1 Å². The third-order valence-corrected chi connectivity index (χ3v) is 5.63. The Morgan fingerprint density at radius 1 is 1.24 bits per heavy atom. The Labute approximate surface area is 153 Å². The molecule has 0 amide bonds. The fourth-order valence-corrected chi connectivity index (χ4v) is 3.99. The zero-order valence-corrected chi connectivity index (χ0v) is 16.1. The zero-order valence-electron chi connectivity index (χ0n) is 15.3. The van der Waals surface area contributed by atoms with Gasteiger partial charge in [0.15, 0.2) is 17.5 Å². The van der Waals surface area contributed by atoms with E-state index in [-0.39, 0.29) is 0 Å². The fourth-order valence-electron chi connectivity index (χ4n) is 3.14. The molecule has 1 aromatic heterocycles. The average Bonchev–Trinajstić information content (AvgIpc) is 3.05. The molecule has 1 aromatic carbocycles. The van der Waals surface area contributed by atoms with Crippen LogP contribution in [-0.2, 0) is 19.5 Å². The van der Waals surface area contributed by atoms with Crippen molar-refractivity contribution in [2.24, 2.45) is 4.99 Å². The van der Waals surface area contributed by atoms with Crippen molar-refractivity contribution in [2.75, 3.05) is 27.8 Å². The Balaban J connectivity index is 1.73. The first kappa shape index (κ1) is 17.6. The third kappa shape index (κ3) is 3.74. The van der Waals surface area contributed by atoms with E-state index in [1.807, 2.05) is 7.05 Å². The number of aliphatic imine (C=N–C) groups is 1. The molecule has 6 heteroatoms. The van der Waals surface area contributed by atoms with Crippen molar-refractivity contribution < 1.29 is 9.47 Å². The highest BCUT2D eigenvalue weighted by atomic mass is 32.1. The third-order valence-electron chi connectivity index (χ3n) is 4.60. The minimum atomic E-state index is 0.778. The minimum Gasteiger partial charge on any atom is -0.493 e. The van der Waals surface area contributed by atoms with E-state index in [2.05, 4.69) is 45.7 Å². The van der Waals surface area contributed by atoms with Crippen molar-refractivity contribution >= 4 is 17.3 Å². The summed E-state index contributed by atoms with van der Waals surface area (Å²) in [5.41, 5.74) is 3.91. The van der Waals surface area contributed by atoms with E-state index in [1.165, 1.54) is 21.6 Å². The van der Waals surface area contributed by atoms with Crippen molar-refractivity contribution in [3.63, 3.8) is 0 Å². The van der Waals surface area contributed by atoms with Crippen molar-refractivity contribution in [3.05, 3.63) is 45.1 Å². The first-order valence-electron chi connectivity index (χ1n) is 8.38. The van der Waals surface area contributed by atoms with Gasteiger partial charge in [0.2, 0.25) is 0 Å². The van der Waals surface area contributed by atoms with Gasteiger partial charge < -0.3 is 19.7 Å². The van der Waals surface area contributed by atoms with Gasteiger partial charge in [0, 0.05) is 25.0 Å². The maximum absolute atomic E-state index is 5.45. The number of aryl methyl sites for hydroxylation is 1. The number of methoxy groups -OCH3 is 2. The Morgan fingerprint density at radius 3 is 2.56 bits per heavy atom. The summed E-state index contributed by atoms with van der Waals surface area (Å²) in [5.74, 6) is 2.51. The number of nitrogens with zero attached hydrogens (tertiary/aromatic N) is 2. The first-order valence-corrected chi connectivity index (χ1v) is 9.26. The van der Waals surface area contributed by atoms with E-state index in [0.717, 1.165) is 43.5 Å². The van der Waals surface area contributed by atoms with Gasteiger partial charge in [0.05, 0.1) is 20.8 Å². The number of hydrogen-bond acceptors (Lipinski definition) is 4. The van der Waals surface area contributed by atoms with Crippen LogP contribution in [0.4, 0.5) is 0 Å². The number of fused-ring (bicyclic) bond motifs is 1. The van der Waals surface area contributed by atoms with E-state index in [4.69, 9.17) is 9.47 Å². The lowest BCUT2D eigenvalue weighted by Crippen LogP contribution is -2.43. The van der Waals surface area contributed by atoms with Gasteiger partial charge in [-0.2, -0.15) is 0 Å². The summed E-state index contributed by atoms with van der Waals surface area (Å²) in [6.07, 6.45) is 0.967. The lowest BCUT2D eigenvalue weighted by molar-refractivity contribution is 0.346. The van der Waals surface area contributed by atoms with Crippen molar-refractivity contribution in [3.8, 4) is 11.5 Å². The molecule has 0 radical (unpaired) electrons. The second kappa shape index (κ2) is 7.78. The van der Waals surface area contributed by atoms with E-state index >= 15 is 0 Å². The summed E-state index contributed by atoms with van der Waals surface area (Å²) in [5, 5.41) is 5.63. The lowest BCUT2D eigenvalue weighted by atomic mass is 9.99. The number of benzene rings is 1. The highest BCUT2D eigenvalue weighted by Gasteiger charge is 2.21. The summed E-state index contributed by atoms with van der Waals surface area (Å²) < 4.78 is 10.9. The van der Waals surface area contributed by atoms with Gasteiger partial charge in [-0.05, 0) is 53.6 Å². The number of hydrogen-bond donors (Lipinski definition) is 1. The standard InChI is InChI=1S/C19H25N3O2S/c1-13-6-8-25-18(13)11-21-19(20-2)22-7-5-14-9-16(23-3)17(24-4)10-15(14)12-22/h6,8-10H,5,7,11-12H2,1-4H3,(H,20,21). The Morgan fingerprint density at radius 2 is 1.96 bits per heavy atom.